The van der Waals surface area contributed by atoms with Gasteiger partial charge in [0.1, 0.15) is 11.6 Å². The maximum Gasteiger partial charge on any atom is 0.142 e. The van der Waals surface area contributed by atoms with Gasteiger partial charge in [-0.1, -0.05) is 0 Å². The number of rotatable bonds is 0. The summed E-state index contributed by atoms with van der Waals surface area (Å²) >= 11 is 0. The van der Waals surface area contributed by atoms with Crippen LogP contribution in [0.5, 0.6) is 0 Å². The predicted octanol–water partition coefficient (Wildman–Crippen LogP) is 1.41. The molecule has 4 aliphatic carbocycles. The lowest BCUT2D eigenvalue weighted by Crippen LogP contribution is -2.63. The second-order valence-electron chi connectivity index (χ2n) is 7.91. The van der Waals surface area contributed by atoms with Gasteiger partial charge in [0.2, 0.25) is 0 Å². The zero-order valence-corrected chi connectivity index (χ0v) is 12.8. The number of ketones is 2. The van der Waals surface area contributed by atoms with Crippen molar-refractivity contribution in [3.63, 3.8) is 0 Å². The quantitative estimate of drug-likeness (QED) is 0.733. The molecule has 4 heteroatoms. The number of aliphatic hydroxyl groups is 1. The molecule has 5 aliphatic rings. The van der Waals surface area contributed by atoms with E-state index in [1.54, 1.807) is 0 Å². The normalized spacial score (nSPS) is 50.5. The van der Waals surface area contributed by atoms with Crippen LogP contribution in [0, 0.1) is 22.7 Å². The number of carbonyl (C=O) groups is 2. The van der Waals surface area contributed by atoms with Crippen LogP contribution < -0.4 is 0 Å². The van der Waals surface area contributed by atoms with Gasteiger partial charge in [0.25, 0.3) is 0 Å². The number of fused-ring (bicyclic) bond motifs is 1. The van der Waals surface area contributed by atoms with Crippen LogP contribution in [0.4, 0.5) is 0 Å². The summed E-state index contributed by atoms with van der Waals surface area (Å²) in [6.45, 7) is 1.78. The van der Waals surface area contributed by atoms with Crippen LogP contribution in [0.3, 0.4) is 0 Å². The van der Waals surface area contributed by atoms with Crippen molar-refractivity contribution < 1.29 is 14.7 Å². The Balaban J connectivity index is 1.86. The zero-order chi connectivity index (χ0) is 14.8. The first-order valence-corrected chi connectivity index (χ1v) is 8.44. The first-order chi connectivity index (χ1) is 10.0. The van der Waals surface area contributed by atoms with E-state index >= 15 is 0 Å². The van der Waals surface area contributed by atoms with Crippen molar-refractivity contribution in [2.75, 3.05) is 20.1 Å². The van der Waals surface area contributed by atoms with Gasteiger partial charge in [-0.25, -0.2) is 0 Å². The van der Waals surface area contributed by atoms with E-state index in [1.807, 2.05) is 0 Å². The van der Waals surface area contributed by atoms with E-state index in [9.17, 15) is 14.7 Å². The van der Waals surface area contributed by atoms with Crippen LogP contribution in [0.25, 0.3) is 0 Å². The molecular weight excluding hydrogens is 266 g/mol. The molecule has 0 aromatic rings. The number of hydrogen-bond acceptors (Lipinski definition) is 4. The molecule has 0 aromatic heterocycles. The second-order valence-corrected chi connectivity index (χ2v) is 7.91. The lowest BCUT2D eigenvalue weighted by atomic mass is 9.43. The highest BCUT2D eigenvalue weighted by molar-refractivity contribution is 6.02. The van der Waals surface area contributed by atoms with Gasteiger partial charge in [0.05, 0.1) is 11.5 Å². The second kappa shape index (κ2) is 4.39. The first-order valence-electron chi connectivity index (χ1n) is 8.44. The average Bonchev–Trinajstić information content (AvgIpc) is 2.62. The van der Waals surface area contributed by atoms with E-state index in [2.05, 4.69) is 11.9 Å². The van der Waals surface area contributed by atoms with Crippen molar-refractivity contribution in [3.8, 4) is 0 Å². The van der Waals surface area contributed by atoms with E-state index in [0.29, 0.717) is 31.0 Å². The van der Waals surface area contributed by atoms with Crippen LogP contribution >= 0.6 is 0 Å². The van der Waals surface area contributed by atoms with Gasteiger partial charge in [0, 0.05) is 24.8 Å². The molecule has 1 N–H and O–H groups in total. The van der Waals surface area contributed by atoms with Gasteiger partial charge >= 0.3 is 0 Å². The summed E-state index contributed by atoms with van der Waals surface area (Å²) in [4.78, 5) is 28.1. The molecule has 1 saturated heterocycles. The molecule has 5 atom stereocenters. The molecule has 0 radical (unpaired) electrons. The zero-order valence-electron chi connectivity index (χ0n) is 12.8. The molecule has 0 unspecified atom stereocenters. The SMILES string of the molecule is CN1CCC[C@]23C(=O)C[C@@H]4C[C@H]2CC(=O)[C@]3(C4)[C@@H](O)CC1. The fraction of sp³-hybridized carbons (Fsp3) is 0.882. The van der Waals surface area contributed by atoms with Gasteiger partial charge in [-0.05, 0) is 57.5 Å². The fourth-order valence-corrected chi connectivity index (χ4v) is 6.31. The monoisotopic (exact) mass is 291 g/mol. The van der Waals surface area contributed by atoms with Crippen molar-refractivity contribution in [1.82, 2.24) is 4.90 Å². The number of nitrogens with zero attached hydrogens (tertiary/aromatic N) is 1. The lowest BCUT2D eigenvalue weighted by Gasteiger charge is -2.58. The minimum absolute atomic E-state index is 0.195. The summed E-state index contributed by atoms with van der Waals surface area (Å²) in [6.07, 6.45) is 4.73. The molecule has 116 valence electrons. The maximum atomic E-state index is 12.9. The topological polar surface area (TPSA) is 57.6 Å². The van der Waals surface area contributed by atoms with Crippen molar-refractivity contribution >= 4 is 11.6 Å². The molecule has 0 amide bonds. The molecule has 0 aromatic carbocycles. The summed E-state index contributed by atoms with van der Waals surface area (Å²) < 4.78 is 0. The third-order valence-electron chi connectivity index (χ3n) is 7.09. The third-order valence-corrected chi connectivity index (χ3v) is 7.09. The minimum atomic E-state index is -0.735. The van der Waals surface area contributed by atoms with E-state index < -0.39 is 16.9 Å². The van der Waals surface area contributed by atoms with E-state index in [4.69, 9.17) is 0 Å². The summed E-state index contributed by atoms with van der Waals surface area (Å²) in [5.41, 5.74) is -1.26. The van der Waals surface area contributed by atoms with Crippen molar-refractivity contribution in [1.29, 1.82) is 0 Å². The van der Waals surface area contributed by atoms with Gasteiger partial charge in [0.15, 0.2) is 0 Å². The Hall–Kier alpha value is -0.740. The van der Waals surface area contributed by atoms with Crippen LogP contribution in [0.2, 0.25) is 0 Å². The fourth-order valence-electron chi connectivity index (χ4n) is 6.31. The summed E-state index contributed by atoms with van der Waals surface area (Å²) in [5.74, 6) is 1.04. The Bertz CT molecular complexity index is 496. The third kappa shape index (κ3) is 1.53. The molecule has 5 fully saturated rings. The van der Waals surface area contributed by atoms with Crippen LogP contribution in [0.1, 0.15) is 44.9 Å². The molecular formula is C17H25NO3. The minimum Gasteiger partial charge on any atom is -0.392 e. The van der Waals surface area contributed by atoms with E-state index in [-0.39, 0.29) is 11.7 Å². The van der Waals surface area contributed by atoms with Crippen LogP contribution in [-0.4, -0.2) is 47.8 Å². The van der Waals surface area contributed by atoms with Gasteiger partial charge < -0.3 is 10.0 Å². The number of carbonyl (C=O) groups excluding carboxylic acids is 2. The summed E-state index contributed by atoms with van der Waals surface area (Å²) in [5, 5.41) is 10.9. The lowest BCUT2D eigenvalue weighted by molar-refractivity contribution is -0.180. The molecule has 4 nitrogen and oxygen atoms in total. The standard InChI is InChI=1S/C17H25NO3/c1-18-5-2-4-16-12-7-11(8-14(16)20)10-17(16,15(21)9-12)13(19)3-6-18/h11-13,19H,2-10H2,1H3/t11-,12-,13-,16+,17-/m0/s1. The number of hydrogen-bond donors (Lipinski definition) is 1. The van der Waals surface area contributed by atoms with Crippen molar-refractivity contribution in [2.45, 2.75) is 51.0 Å². The highest BCUT2D eigenvalue weighted by Crippen LogP contribution is 2.71. The molecule has 1 aliphatic heterocycles. The number of aliphatic hydroxyl groups excluding tert-OH is 1. The molecule has 4 saturated carbocycles. The van der Waals surface area contributed by atoms with E-state index in [1.165, 1.54) is 0 Å². The smallest absolute Gasteiger partial charge is 0.142 e. The summed E-state index contributed by atoms with van der Waals surface area (Å²) in [6, 6.07) is 0. The Morgan fingerprint density at radius 2 is 1.90 bits per heavy atom. The van der Waals surface area contributed by atoms with E-state index in [0.717, 1.165) is 38.8 Å². The van der Waals surface area contributed by atoms with Gasteiger partial charge in [-0.2, -0.15) is 0 Å². The van der Waals surface area contributed by atoms with Crippen LogP contribution in [-0.2, 0) is 9.59 Å². The molecule has 21 heavy (non-hydrogen) atoms. The largest absolute Gasteiger partial charge is 0.392 e. The maximum absolute atomic E-state index is 12.9. The summed E-state index contributed by atoms with van der Waals surface area (Å²) in [7, 11) is 2.07. The molecule has 1 spiro atoms. The highest BCUT2D eigenvalue weighted by Gasteiger charge is 2.75. The molecule has 5 rings (SSSR count). The molecule has 4 bridgehead atoms. The van der Waals surface area contributed by atoms with Crippen molar-refractivity contribution in [2.24, 2.45) is 22.7 Å². The van der Waals surface area contributed by atoms with Crippen LogP contribution in [0.15, 0.2) is 0 Å². The highest BCUT2D eigenvalue weighted by atomic mass is 16.3. The molecule has 1 heterocycles. The Kier molecular flexibility index (Phi) is 2.90. The Morgan fingerprint density at radius 3 is 2.71 bits per heavy atom. The average molecular weight is 291 g/mol. The Morgan fingerprint density at radius 1 is 1.14 bits per heavy atom. The predicted molar refractivity (Wildman–Crippen MR) is 77.7 cm³/mol. The van der Waals surface area contributed by atoms with Crippen molar-refractivity contribution in [3.05, 3.63) is 0 Å². The van der Waals surface area contributed by atoms with Gasteiger partial charge in [-0.15, -0.1) is 0 Å². The van der Waals surface area contributed by atoms with Gasteiger partial charge in [-0.3, -0.25) is 9.59 Å². The first kappa shape index (κ1) is 13.9. The number of Topliss-reactive ketones (excluding diaryl/α,β-unsaturated/α-hetero) is 2. The Labute approximate surface area is 125 Å².